The maximum atomic E-state index is 13.5. The maximum Gasteiger partial charge on any atom is 0.235 e. The Morgan fingerprint density at radius 3 is 2.56 bits per heavy atom. The fourth-order valence-corrected chi connectivity index (χ4v) is 4.40. The first-order valence-electron chi connectivity index (χ1n) is 9.47. The number of halogens is 1. The molecule has 0 unspecified atom stereocenters. The molecule has 13 heteroatoms. The lowest BCUT2D eigenvalue weighted by Crippen LogP contribution is -2.22. The summed E-state index contributed by atoms with van der Waals surface area (Å²) in [6.45, 7) is 4.20. The number of thioether (sulfide) groups is 1. The van der Waals surface area contributed by atoms with Gasteiger partial charge in [0.15, 0.2) is 5.13 Å². The van der Waals surface area contributed by atoms with E-state index in [4.69, 9.17) is 4.74 Å². The summed E-state index contributed by atoms with van der Waals surface area (Å²) in [5.74, 6) is -1.33. The second kappa shape index (κ2) is 11.6. The lowest BCUT2D eigenvalue weighted by Gasteiger charge is -2.14. The Labute approximate surface area is 194 Å². The minimum atomic E-state index is -3.39. The summed E-state index contributed by atoms with van der Waals surface area (Å²) >= 11 is 2.54. The first-order valence-corrected chi connectivity index (χ1v) is 13.4. The number of aromatic nitrogens is 1. The van der Waals surface area contributed by atoms with Gasteiger partial charge in [0.2, 0.25) is 21.8 Å². The maximum absolute atomic E-state index is 13.5. The summed E-state index contributed by atoms with van der Waals surface area (Å²) in [4.78, 5) is 28.8. The van der Waals surface area contributed by atoms with Crippen molar-refractivity contribution in [2.45, 2.75) is 31.0 Å². The van der Waals surface area contributed by atoms with Crippen molar-refractivity contribution < 1.29 is 27.1 Å². The van der Waals surface area contributed by atoms with Crippen LogP contribution in [0, 0.1) is 11.7 Å². The highest BCUT2D eigenvalue weighted by Gasteiger charge is 2.17. The minimum absolute atomic E-state index is 0.00835. The number of amides is 2. The Kier molecular flexibility index (Phi) is 9.43. The Balaban J connectivity index is 1.99. The third-order valence-electron chi connectivity index (χ3n) is 3.71. The van der Waals surface area contributed by atoms with Gasteiger partial charge < -0.3 is 15.4 Å². The molecule has 0 spiro atoms. The van der Waals surface area contributed by atoms with Gasteiger partial charge in [0.05, 0.1) is 35.0 Å². The molecule has 1 heterocycles. The van der Waals surface area contributed by atoms with Crippen molar-refractivity contribution in [1.82, 2.24) is 9.71 Å². The fourth-order valence-electron chi connectivity index (χ4n) is 2.34. The summed E-state index contributed by atoms with van der Waals surface area (Å²) < 4.78 is 44.8. The number of benzene rings is 1. The summed E-state index contributed by atoms with van der Waals surface area (Å²) in [7, 11) is -3.39. The molecular weight excluding hydrogens is 479 g/mol. The molecule has 3 N–H and O–H groups in total. The van der Waals surface area contributed by atoms with E-state index in [9.17, 15) is 22.4 Å². The molecule has 2 rings (SSSR count). The SMILES string of the molecule is CSc1sc(NC(=O)CC(=O)Nc2ccc(F)cc2OCC(C)C)nc1CNS(C)(=O)=O. The van der Waals surface area contributed by atoms with Crippen LogP contribution in [0.25, 0.3) is 0 Å². The summed E-state index contributed by atoms with van der Waals surface area (Å²) in [6, 6.07) is 3.72. The van der Waals surface area contributed by atoms with Crippen LogP contribution in [0.5, 0.6) is 5.75 Å². The quantitative estimate of drug-likeness (QED) is 0.317. The van der Waals surface area contributed by atoms with Gasteiger partial charge >= 0.3 is 0 Å². The summed E-state index contributed by atoms with van der Waals surface area (Å²) in [5, 5.41) is 5.34. The molecule has 0 fully saturated rings. The van der Waals surface area contributed by atoms with Gasteiger partial charge in [0.1, 0.15) is 18.0 Å². The van der Waals surface area contributed by atoms with Crippen LogP contribution < -0.4 is 20.1 Å². The predicted molar refractivity (Wildman–Crippen MR) is 124 cm³/mol. The van der Waals surface area contributed by atoms with Gasteiger partial charge in [-0.3, -0.25) is 9.59 Å². The number of nitrogens with one attached hydrogen (secondary N) is 3. The normalized spacial score (nSPS) is 11.4. The van der Waals surface area contributed by atoms with Crippen LogP contribution in [0.1, 0.15) is 26.0 Å². The van der Waals surface area contributed by atoms with Gasteiger partial charge in [0.25, 0.3) is 0 Å². The number of anilines is 2. The molecule has 1 aromatic carbocycles. The molecule has 9 nitrogen and oxygen atoms in total. The van der Waals surface area contributed by atoms with Crippen LogP contribution in [0.4, 0.5) is 15.2 Å². The van der Waals surface area contributed by atoms with Gasteiger partial charge in [-0.05, 0) is 24.3 Å². The number of rotatable bonds is 11. The smallest absolute Gasteiger partial charge is 0.235 e. The van der Waals surface area contributed by atoms with Crippen molar-refractivity contribution >= 4 is 55.8 Å². The highest BCUT2D eigenvalue weighted by atomic mass is 32.2. The first kappa shape index (κ1) is 26.0. The van der Waals surface area contributed by atoms with E-state index in [1.54, 1.807) is 6.26 Å². The predicted octanol–water partition coefficient (Wildman–Crippen LogP) is 3.06. The summed E-state index contributed by atoms with van der Waals surface area (Å²) in [6.07, 6.45) is 2.35. The van der Waals surface area contributed by atoms with Gasteiger partial charge in [0, 0.05) is 6.07 Å². The van der Waals surface area contributed by atoms with Crippen LogP contribution >= 0.6 is 23.1 Å². The van der Waals surface area contributed by atoms with Crippen LogP contribution in [-0.4, -0.2) is 44.3 Å². The highest BCUT2D eigenvalue weighted by molar-refractivity contribution is 8.00. The lowest BCUT2D eigenvalue weighted by molar-refractivity contribution is -0.123. The number of hydrogen-bond donors (Lipinski definition) is 3. The van der Waals surface area contributed by atoms with Gasteiger partial charge in [-0.1, -0.05) is 25.2 Å². The molecule has 2 aromatic rings. The van der Waals surface area contributed by atoms with E-state index in [1.807, 2.05) is 13.8 Å². The van der Waals surface area contributed by atoms with Crippen molar-refractivity contribution in [3.05, 3.63) is 29.7 Å². The van der Waals surface area contributed by atoms with Crippen molar-refractivity contribution in [1.29, 1.82) is 0 Å². The number of sulfonamides is 1. The molecule has 0 atom stereocenters. The lowest BCUT2D eigenvalue weighted by atomic mass is 10.2. The molecule has 1 aromatic heterocycles. The van der Waals surface area contributed by atoms with Crippen molar-refractivity contribution in [2.24, 2.45) is 5.92 Å². The summed E-state index contributed by atoms with van der Waals surface area (Å²) in [5.41, 5.74) is 0.740. The van der Waals surface area contributed by atoms with E-state index in [0.717, 1.165) is 10.5 Å². The Morgan fingerprint density at radius 1 is 1.25 bits per heavy atom. The molecule has 0 aliphatic carbocycles. The Morgan fingerprint density at radius 2 is 1.94 bits per heavy atom. The largest absolute Gasteiger partial charge is 0.491 e. The molecule has 0 aliphatic rings. The van der Waals surface area contributed by atoms with E-state index in [-0.39, 0.29) is 29.0 Å². The Bertz CT molecular complexity index is 1070. The number of hydrogen-bond acceptors (Lipinski definition) is 8. The minimum Gasteiger partial charge on any atom is -0.491 e. The van der Waals surface area contributed by atoms with E-state index in [0.29, 0.717) is 12.3 Å². The van der Waals surface area contributed by atoms with Crippen molar-refractivity contribution in [2.75, 3.05) is 29.8 Å². The van der Waals surface area contributed by atoms with E-state index in [2.05, 4.69) is 20.3 Å². The van der Waals surface area contributed by atoms with E-state index in [1.165, 1.54) is 41.3 Å². The molecule has 0 radical (unpaired) electrons. The third kappa shape index (κ3) is 8.73. The zero-order valence-electron chi connectivity index (χ0n) is 18.0. The van der Waals surface area contributed by atoms with E-state index < -0.39 is 34.1 Å². The zero-order chi connectivity index (χ0) is 23.9. The van der Waals surface area contributed by atoms with Gasteiger partial charge in [-0.25, -0.2) is 22.5 Å². The van der Waals surface area contributed by atoms with Crippen molar-refractivity contribution in [3.8, 4) is 5.75 Å². The topological polar surface area (TPSA) is 126 Å². The second-order valence-corrected chi connectivity index (χ2v) is 11.1. The highest BCUT2D eigenvalue weighted by Crippen LogP contribution is 2.31. The van der Waals surface area contributed by atoms with Crippen LogP contribution in [0.2, 0.25) is 0 Å². The fraction of sp³-hybridized carbons (Fsp3) is 0.421. The molecule has 176 valence electrons. The molecule has 0 saturated heterocycles. The monoisotopic (exact) mass is 504 g/mol. The van der Waals surface area contributed by atoms with Crippen LogP contribution in [-0.2, 0) is 26.2 Å². The van der Waals surface area contributed by atoms with Gasteiger partial charge in [-0.15, -0.1) is 11.8 Å². The number of carbonyl (C=O) groups is 2. The number of thiazole rings is 1. The van der Waals surface area contributed by atoms with Gasteiger partial charge in [-0.2, -0.15) is 0 Å². The second-order valence-electron chi connectivity index (χ2n) is 7.17. The molecule has 0 bridgehead atoms. The third-order valence-corrected chi connectivity index (χ3v) is 6.54. The van der Waals surface area contributed by atoms with Crippen LogP contribution in [0.3, 0.4) is 0 Å². The number of carbonyl (C=O) groups excluding carboxylic acids is 2. The molecule has 0 aliphatic heterocycles. The molecule has 2 amide bonds. The average Bonchev–Trinajstić information content (AvgIpc) is 3.07. The Hall–Kier alpha value is -2.22. The standard InChI is InChI=1S/C19H25FN4O5S3/c1-11(2)10-29-15-7-12(20)5-6-13(15)22-16(25)8-17(26)24-19-23-14(18(30-3)31-19)9-21-32(4,27)28/h5-7,11,21H,8-10H2,1-4H3,(H,22,25)(H,23,24,26). The van der Waals surface area contributed by atoms with E-state index >= 15 is 0 Å². The molecule has 32 heavy (non-hydrogen) atoms. The van der Waals surface area contributed by atoms with Crippen molar-refractivity contribution in [3.63, 3.8) is 0 Å². The number of nitrogens with zero attached hydrogens (tertiary/aromatic N) is 1. The number of ether oxygens (including phenoxy) is 1. The molecule has 0 saturated carbocycles. The van der Waals surface area contributed by atoms with Crippen LogP contribution in [0.15, 0.2) is 22.4 Å². The molecular formula is C19H25FN4O5S3. The first-order chi connectivity index (χ1) is 15.0. The average molecular weight is 505 g/mol. The zero-order valence-corrected chi connectivity index (χ0v) is 20.5.